The van der Waals surface area contributed by atoms with E-state index in [1.165, 1.54) is 6.20 Å². The third-order valence-corrected chi connectivity index (χ3v) is 7.38. The first-order valence-corrected chi connectivity index (χ1v) is 11.8. The van der Waals surface area contributed by atoms with E-state index in [9.17, 15) is 13.2 Å². The topological polar surface area (TPSA) is 64.1 Å². The number of hydrogen-bond donors (Lipinski definition) is 0. The summed E-state index contributed by atoms with van der Waals surface area (Å²) in [7, 11) is -3.95. The first kappa shape index (κ1) is 20.9. The molecule has 0 aliphatic carbocycles. The van der Waals surface area contributed by atoms with Crippen LogP contribution in [0, 0.1) is 0 Å². The minimum absolute atomic E-state index is 0.00640. The Bertz CT molecular complexity index is 1360. The van der Waals surface area contributed by atoms with E-state index in [0.29, 0.717) is 16.5 Å². The number of pyridine rings is 1. The van der Waals surface area contributed by atoms with Gasteiger partial charge in [0.25, 0.3) is 0 Å². The van der Waals surface area contributed by atoms with Crippen LogP contribution in [0.15, 0.2) is 88.8 Å². The van der Waals surface area contributed by atoms with Crippen molar-refractivity contribution in [2.24, 2.45) is 0 Å². The number of rotatable bonds is 6. The SMILES string of the molecule is CCc1ccc(C(=O)c2cnc3ccccc3c2S(=O)(=O)c2ccc(CC)cc2)cc1. The van der Waals surface area contributed by atoms with Gasteiger partial charge in [-0.05, 0) is 42.2 Å². The molecule has 4 aromatic rings. The van der Waals surface area contributed by atoms with Crippen LogP contribution in [-0.2, 0) is 22.7 Å². The highest BCUT2D eigenvalue weighted by molar-refractivity contribution is 7.91. The van der Waals surface area contributed by atoms with Gasteiger partial charge in [0, 0.05) is 17.1 Å². The lowest BCUT2D eigenvalue weighted by atomic mass is 10.0. The van der Waals surface area contributed by atoms with Crippen LogP contribution >= 0.6 is 0 Å². The highest BCUT2D eigenvalue weighted by Gasteiger charge is 2.28. The average molecular weight is 430 g/mol. The van der Waals surface area contributed by atoms with Gasteiger partial charge in [-0.1, -0.05) is 68.4 Å². The Morgan fingerprint density at radius 1 is 0.806 bits per heavy atom. The summed E-state index contributed by atoms with van der Waals surface area (Å²) in [5, 5.41) is 0.443. The highest BCUT2D eigenvalue weighted by atomic mass is 32.2. The summed E-state index contributed by atoms with van der Waals surface area (Å²) in [6, 6.07) is 21.1. The minimum atomic E-state index is -3.95. The molecule has 3 aromatic carbocycles. The molecule has 4 nitrogen and oxygen atoms in total. The number of carbonyl (C=O) groups excluding carboxylic acids is 1. The van der Waals surface area contributed by atoms with E-state index < -0.39 is 9.84 Å². The Morgan fingerprint density at radius 2 is 1.39 bits per heavy atom. The molecule has 4 rings (SSSR count). The molecule has 156 valence electrons. The number of sulfone groups is 1. The fraction of sp³-hybridized carbons (Fsp3) is 0.154. The molecule has 0 aliphatic rings. The van der Waals surface area contributed by atoms with E-state index in [1.807, 2.05) is 26.0 Å². The van der Waals surface area contributed by atoms with E-state index in [0.717, 1.165) is 24.0 Å². The summed E-state index contributed by atoms with van der Waals surface area (Å²) < 4.78 is 27.4. The van der Waals surface area contributed by atoms with E-state index >= 15 is 0 Å². The van der Waals surface area contributed by atoms with Crippen molar-refractivity contribution in [1.29, 1.82) is 0 Å². The van der Waals surface area contributed by atoms with Crippen molar-refractivity contribution in [2.75, 3.05) is 0 Å². The molecule has 0 N–H and O–H groups in total. The van der Waals surface area contributed by atoms with Crippen LogP contribution in [0.5, 0.6) is 0 Å². The summed E-state index contributed by atoms with van der Waals surface area (Å²) in [5.41, 5.74) is 3.21. The quantitative estimate of drug-likeness (QED) is 0.384. The van der Waals surface area contributed by atoms with Crippen LogP contribution in [0.2, 0.25) is 0 Å². The molecule has 0 aliphatic heterocycles. The maximum Gasteiger partial charge on any atom is 0.208 e. The van der Waals surface area contributed by atoms with Crippen molar-refractivity contribution in [2.45, 2.75) is 36.5 Å². The van der Waals surface area contributed by atoms with Gasteiger partial charge < -0.3 is 0 Å². The molecule has 5 heteroatoms. The maximum absolute atomic E-state index is 13.7. The van der Waals surface area contributed by atoms with Gasteiger partial charge in [-0.2, -0.15) is 0 Å². The van der Waals surface area contributed by atoms with Crippen molar-refractivity contribution >= 4 is 26.5 Å². The number of hydrogen-bond acceptors (Lipinski definition) is 4. The second-order valence-electron chi connectivity index (χ2n) is 7.40. The number of ketones is 1. The van der Waals surface area contributed by atoms with Gasteiger partial charge in [-0.25, -0.2) is 8.42 Å². The Kier molecular flexibility index (Phi) is 5.70. The molecule has 0 saturated heterocycles. The third-order valence-electron chi connectivity index (χ3n) is 5.51. The van der Waals surface area contributed by atoms with Gasteiger partial charge in [0.2, 0.25) is 9.84 Å². The van der Waals surface area contributed by atoms with Gasteiger partial charge in [-0.3, -0.25) is 9.78 Å². The average Bonchev–Trinajstić information content (AvgIpc) is 2.82. The molecular formula is C26H23NO3S. The standard InChI is InChI=1S/C26H23NO3S/c1-3-18-9-13-20(14-10-18)25(28)23-17-27-24-8-6-5-7-22(24)26(23)31(29,30)21-15-11-19(4-2)12-16-21/h5-17H,3-4H2,1-2H3. The van der Waals surface area contributed by atoms with E-state index in [2.05, 4.69) is 4.98 Å². The Labute approximate surface area is 182 Å². The van der Waals surface area contributed by atoms with E-state index in [1.54, 1.807) is 60.7 Å². The molecule has 1 aromatic heterocycles. The minimum Gasteiger partial charge on any atom is -0.289 e. The van der Waals surface area contributed by atoms with Gasteiger partial charge in [-0.15, -0.1) is 0 Å². The fourth-order valence-electron chi connectivity index (χ4n) is 3.64. The third kappa shape index (κ3) is 3.89. The molecule has 0 fully saturated rings. The second-order valence-corrected chi connectivity index (χ2v) is 9.29. The summed E-state index contributed by atoms with van der Waals surface area (Å²) in [5.74, 6) is -0.357. The molecular weight excluding hydrogens is 406 g/mol. The number of nitrogens with zero attached hydrogens (tertiary/aromatic N) is 1. The maximum atomic E-state index is 13.7. The van der Waals surface area contributed by atoms with Crippen molar-refractivity contribution in [3.05, 3.63) is 101 Å². The normalized spacial score (nSPS) is 11.5. The Hall–Kier alpha value is -3.31. The van der Waals surface area contributed by atoms with Gasteiger partial charge in [0.15, 0.2) is 5.78 Å². The van der Waals surface area contributed by atoms with Crippen molar-refractivity contribution in [3.63, 3.8) is 0 Å². The van der Waals surface area contributed by atoms with E-state index in [-0.39, 0.29) is 21.1 Å². The molecule has 1 heterocycles. The Morgan fingerprint density at radius 3 is 2.00 bits per heavy atom. The monoisotopic (exact) mass is 429 g/mol. The van der Waals surface area contributed by atoms with Crippen LogP contribution in [0.3, 0.4) is 0 Å². The number of aromatic nitrogens is 1. The highest BCUT2D eigenvalue weighted by Crippen LogP contribution is 2.32. The van der Waals surface area contributed by atoms with Gasteiger partial charge >= 0.3 is 0 Å². The van der Waals surface area contributed by atoms with Crippen molar-refractivity contribution < 1.29 is 13.2 Å². The molecule has 0 unspecified atom stereocenters. The van der Waals surface area contributed by atoms with Crippen LogP contribution in [0.4, 0.5) is 0 Å². The van der Waals surface area contributed by atoms with Crippen molar-refractivity contribution in [3.8, 4) is 0 Å². The van der Waals surface area contributed by atoms with Crippen LogP contribution in [0.25, 0.3) is 10.9 Å². The number of para-hydroxylation sites is 1. The molecule has 31 heavy (non-hydrogen) atoms. The lowest BCUT2D eigenvalue weighted by molar-refractivity contribution is 0.103. The van der Waals surface area contributed by atoms with Crippen LogP contribution in [-0.4, -0.2) is 19.2 Å². The van der Waals surface area contributed by atoms with E-state index in [4.69, 9.17) is 0 Å². The summed E-state index contributed by atoms with van der Waals surface area (Å²) in [6.45, 7) is 4.05. The lowest BCUT2D eigenvalue weighted by Crippen LogP contribution is -2.13. The van der Waals surface area contributed by atoms with Gasteiger partial charge in [0.1, 0.15) is 0 Å². The number of benzene rings is 3. The summed E-state index contributed by atoms with van der Waals surface area (Å²) in [4.78, 5) is 17.9. The molecule has 0 amide bonds. The zero-order chi connectivity index (χ0) is 22.0. The second kappa shape index (κ2) is 8.44. The largest absolute Gasteiger partial charge is 0.289 e. The predicted molar refractivity (Wildman–Crippen MR) is 122 cm³/mol. The predicted octanol–water partition coefficient (Wildman–Crippen LogP) is 5.42. The fourth-order valence-corrected chi connectivity index (χ4v) is 5.26. The van der Waals surface area contributed by atoms with Gasteiger partial charge in [0.05, 0.1) is 20.9 Å². The lowest BCUT2D eigenvalue weighted by Gasteiger charge is -2.13. The summed E-state index contributed by atoms with van der Waals surface area (Å²) in [6.07, 6.45) is 3.06. The molecule has 0 spiro atoms. The molecule has 0 bridgehead atoms. The Balaban J connectivity index is 1.94. The molecule has 0 saturated carbocycles. The molecule has 0 atom stereocenters. The van der Waals surface area contributed by atoms with Crippen LogP contribution < -0.4 is 0 Å². The zero-order valence-electron chi connectivity index (χ0n) is 17.5. The van der Waals surface area contributed by atoms with Crippen molar-refractivity contribution in [1.82, 2.24) is 4.98 Å². The first-order valence-electron chi connectivity index (χ1n) is 10.3. The zero-order valence-corrected chi connectivity index (χ0v) is 18.3. The number of fused-ring (bicyclic) bond motifs is 1. The molecule has 0 radical (unpaired) electrons. The first-order chi connectivity index (χ1) is 15.0. The number of aryl methyl sites for hydroxylation is 2. The number of carbonyl (C=O) groups is 1. The smallest absolute Gasteiger partial charge is 0.208 e. The summed E-state index contributed by atoms with van der Waals surface area (Å²) >= 11 is 0. The van der Waals surface area contributed by atoms with Crippen LogP contribution in [0.1, 0.15) is 40.9 Å².